The van der Waals surface area contributed by atoms with Gasteiger partial charge in [-0.3, -0.25) is 9.97 Å². The Morgan fingerprint density at radius 1 is 1.07 bits per heavy atom. The Labute approximate surface area is 91.2 Å². The molecule has 0 aliphatic rings. The lowest BCUT2D eigenvalue weighted by Crippen LogP contribution is -1.89. The molecule has 0 aliphatic carbocycles. The van der Waals surface area contributed by atoms with Gasteiger partial charge in [-0.25, -0.2) is 0 Å². The summed E-state index contributed by atoms with van der Waals surface area (Å²) in [5, 5.41) is 0.818. The number of hydrogen-bond acceptors (Lipinski definition) is 2. The maximum atomic E-state index is 4.36. The number of alkyl halides is 1. The van der Waals surface area contributed by atoms with Crippen LogP contribution in [0.3, 0.4) is 0 Å². The number of aromatic nitrogens is 2. The van der Waals surface area contributed by atoms with Crippen LogP contribution in [0.5, 0.6) is 0 Å². The Hall–Kier alpha value is -1.22. The van der Waals surface area contributed by atoms with Gasteiger partial charge in [-0.05, 0) is 23.8 Å². The predicted molar refractivity (Wildman–Crippen MR) is 60.1 cm³/mol. The second-order valence-electron chi connectivity index (χ2n) is 2.88. The summed E-state index contributed by atoms with van der Waals surface area (Å²) in [5.41, 5.74) is 3.32. The third kappa shape index (κ3) is 1.82. The third-order valence-corrected chi connectivity index (χ3v) is 2.59. The van der Waals surface area contributed by atoms with Crippen molar-refractivity contribution in [2.75, 3.05) is 0 Å². The molecule has 0 saturated heterocycles. The summed E-state index contributed by atoms with van der Waals surface area (Å²) < 4.78 is 0. The Morgan fingerprint density at radius 3 is 2.57 bits per heavy atom. The van der Waals surface area contributed by atoms with Crippen LogP contribution in [0.1, 0.15) is 5.56 Å². The van der Waals surface area contributed by atoms with Crippen molar-refractivity contribution in [2.45, 2.75) is 5.33 Å². The maximum Gasteiger partial charge on any atom is 0.0743 e. The highest BCUT2D eigenvalue weighted by Crippen LogP contribution is 2.21. The van der Waals surface area contributed by atoms with Gasteiger partial charge in [0.05, 0.1) is 5.69 Å². The molecule has 2 aromatic heterocycles. The molecule has 3 heteroatoms. The van der Waals surface area contributed by atoms with Crippen molar-refractivity contribution in [1.82, 2.24) is 9.97 Å². The van der Waals surface area contributed by atoms with Crippen LogP contribution in [0.15, 0.2) is 42.9 Å². The summed E-state index contributed by atoms with van der Waals surface area (Å²) in [6, 6.07) is 7.95. The molecule has 70 valence electrons. The van der Waals surface area contributed by atoms with Gasteiger partial charge in [0.25, 0.3) is 0 Å². The van der Waals surface area contributed by atoms with Crippen LogP contribution in [0, 0.1) is 0 Å². The van der Waals surface area contributed by atoms with Crippen LogP contribution in [0.25, 0.3) is 11.3 Å². The topological polar surface area (TPSA) is 25.8 Å². The third-order valence-electron chi connectivity index (χ3n) is 1.99. The van der Waals surface area contributed by atoms with Crippen LogP contribution >= 0.6 is 15.9 Å². The Balaban J connectivity index is 2.51. The van der Waals surface area contributed by atoms with Crippen molar-refractivity contribution in [3.8, 4) is 11.3 Å². The first-order chi connectivity index (χ1) is 6.92. The first-order valence-corrected chi connectivity index (χ1v) is 5.44. The van der Waals surface area contributed by atoms with Crippen LogP contribution < -0.4 is 0 Å². The fraction of sp³-hybridized carbons (Fsp3) is 0.0909. The van der Waals surface area contributed by atoms with E-state index in [9.17, 15) is 0 Å². The Morgan fingerprint density at radius 2 is 1.86 bits per heavy atom. The summed E-state index contributed by atoms with van der Waals surface area (Å²) in [6.45, 7) is 0. The summed E-state index contributed by atoms with van der Waals surface area (Å²) in [7, 11) is 0. The minimum absolute atomic E-state index is 0.818. The standard InChI is InChI=1S/C11H9BrN2/c12-8-10-2-1-5-14-11(10)9-3-6-13-7-4-9/h1-7H,8H2. The minimum Gasteiger partial charge on any atom is -0.265 e. The lowest BCUT2D eigenvalue weighted by Gasteiger charge is -2.04. The van der Waals surface area contributed by atoms with Crippen LogP contribution in [0.2, 0.25) is 0 Å². The van der Waals surface area contributed by atoms with Crippen LogP contribution in [-0.2, 0) is 5.33 Å². The molecule has 0 bridgehead atoms. The van der Waals surface area contributed by atoms with Crippen molar-refractivity contribution < 1.29 is 0 Å². The molecule has 0 atom stereocenters. The average Bonchev–Trinajstić information content (AvgIpc) is 2.30. The Bertz CT molecular complexity index is 415. The largest absolute Gasteiger partial charge is 0.265 e. The normalized spacial score (nSPS) is 10.1. The lowest BCUT2D eigenvalue weighted by molar-refractivity contribution is 1.24. The van der Waals surface area contributed by atoms with E-state index in [1.807, 2.05) is 24.4 Å². The summed E-state index contributed by atoms with van der Waals surface area (Å²) in [5.74, 6) is 0. The molecule has 2 aromatic rings. The molecule has 0 fully saturated rings. The van der Waals surface area contributed by atoms with E-state index in [0.29, 0.717) is 0 Å². The van der Waals surface area contributed by atoms with Gasteiger partial charge in [0, 0.05) is 29.5 Å². The van der Waals surface area contributed by atoms with Crippen molar-refractivity contribution >= 4 is 15.9 Å². The number of pyridine rings is 2. The van der Waals surface area contributed by atoms with Gasteiger partial charge < -0.3 is 0 Å². The van der Waals surface area contributed by atoms with E-state index in [1.165, 1.54) is 5.56 Å². The number of hydrogen-bond donors (Lipinski definition) is 0. The molecule has 14 heavy (non-hydrogen) atoms. The van der Waals surface area contributed by atoms with E-state index in [1.54, 1.807) is 12.4 Å². The van der Waals surface area contributed by atoms with E-state index in [4.69, 9.17) is 0 Å². The van der Waals surface area contributed by atoms with E-state index < -0.39 is 0 Å². The van der Waals surface area contributed by atoms with Crippen LogP contribution in [-0.4, -0.2) is 9.97 Å². The molecule has 0 unspecified atom stereocenters. The summed E-state index contributed by atoms with van der Waals surface area (Å²) in [6.07, 6.45) is 5.37. The molecular weight excluding hydrogens is 240 g/mol. The second kappa shape index (κ2) is 4.33. The highest BCUT2D eigenvalue weighted by atomic mass is 79.9. The molecule has 0 radical (unpaired) electrons. The van der Waals surface area contributed by atoms with E-state index in [0.717, 1.165) is 16.6 Å². The molecule has 2 nitrogen and oxygen atoms in total. The zero-order valence-corrected chi connectivity index (χ0v) is 9.11. The SMILES string of the molecule is BrCc1cccnc1-c1ccncc1. The first kappa shape index (κ1) is 9.34. The molecule has 0 aromatic carbocycles. The molecule has 0 saturated carbocycles. The zero-order chi connectivity index (χ0) is 9.80. The smallest absolute Gasteiger partial charge is 0.0743 e. The highest BCUT2D eigenvalue weighted by molar-refractivity contribution is 9.08. The van der Waals surface area contributed by atoms with Gasteiger partial charge >= 0.3 is 0 Å². The number of halogens is 1. The summed E-state index contributed by atoms with van der Waals surface area (Å²) >= 11 is 3.45. The fourth-order valence-corrected chi connectivity index (χ4v) is 1.77. The van der Waals surface area contributed by atoms with E-state index >= 15 is 0 Å². The van der Waals surface area contributed by atoms with Gasteiger partial charge in [0.15, 0.2) is 0 Å². The van der Waals surface area contributed by atoms with E-state index in [2.05, 4.69) is 32.0 Å². The molecule has 0 spiro atoms. The molecule has 2 heterocycles. The monoisotopic (exact) mass is 248 g/mol. The second-order valence-corrected chi connectivity index (χ2v) is 3.44. The molecule has 2 rings (SSSR count). The van der Waals surface area contributed by atoms with Crippen LogP contribution in [0.4, 0.5) is 0 Å². The molecule has 0 aliphatic heterocycles. The maximum absolute atomic E-state index is 4.36. The minimum atomic E-state index is 0.818. The quantitative estimate of drug-likeness (QED) is 0.764. The number of rotatable bonds is 2. The molecule has 0 amide bonds. The van der Waals surface area contributed by atoms with Gasteiger partial charge in [-0.1, -0.05) is 22.0 Å². The van der Waals surface area contributed by atoms with Crippen molar-refractivity contribution in [2.24, 2.45) is 0 Å². The van der Waals surface area contributed by atoms with E-state index in [-0.39, 0.29) is 0 Å². The van der Waals surface area contributed by atoms with Crippen molar-refractivity contribution in [3.05, 3.63) is 48.4 Å². The molecular formula is C11H9BrN2. The highest BCUT2D eigenvalue weighted by Gasteiger charge is 2.03. The first-order valence-electron chi connectivity index (χ1n) is 4.32. The van der Waals surface area contributed by atoms with Gasteiger partial charge in [0.2, 0.25) is 0 Å². The zero-order valence-electron chi connectivity index (χ0n) is 7.52. The van der Waals surface area contributed by atoms with Gasteiger partial charge in [0.1, 0.15) is 0 Å². The predicted octanol–water partition coefficient (Wildman–Crippen LogP) is 3.04. The van der Waals surface area contributed by atoms with Gasteiger partial charge in [-0.2, -0.15) is 0 Å². The Kier molecular flexibility index (Phi) is 2.89. The summed E-state index contributed by atoms with van der Waals surface area (Å²) in [4.78, 5) is 8.35. The number of nitrogens with zero attached hydrogens (tertiary/aromatic N) is 2. The molecule has 0 N–H and O–H groups in total. The fourth-order valence-electron chi connectivity index (χ4n) is 1.32. The van der Waals surface area contributed by atoms with Crippen molar-refractivity contribution in [3.63, 3.8) is 0 Å². The average molecular weight is 249 g/mol. The lowest BCUT2D eigenvalue weighted by atomic mass is 10.1. The van der Waals surface area contributed by atoms with Crippen molar-refractivity contribution in [1.29, 1.82) is 0 Å². The van der Waals surface area contributed by atoms with Gasteiger partial charge in [-0.15, -0.1) is 0 Å².